The van der Waals surface area contributed by atoms with Gasteiger partial charge < -0.3 is 10.1 Å². The molecule has 3 aromatic rings. The zero-order valence-corrected chi connectivity index (χ0v) is 14.5. The smallest absolute Gasteiger partial charge is 0.255 e. The van der Waals surface area contributed by atoms with Gasteiger partial charge in [-0.05, 0) is 55.3 Å². The first-order valence-corrected chi connectivity index (χ1v) is 8.27. The molecule has 0 saturated carbocycles. The highest BCUT2D eigenvalue weighted by Gasteiger charge is 2.09. The highest BCUT2D eigenvalue weighted by Crippen LogP contribution is 2.19. The van der Waals surface area contributed by atoms with E-state index in [1.165, 1.54) is 0 Å². The Morgan fingerprint density at radius 3 is 2.36 bits per heavy atom. The number of amides is 1. The second-order valence-corrected chi connectivity index (χ2v) is 6.07. The first kappa shape index (κ1) is 16.8. The molecule has 0 unspecified atom stereocenters. The quantitative estimate of drug-likeness (QED) is 0.703. The summed E-state index contributed by atoms with van der Waals surface area (Å²) in [6.45, 7) is 4.44. The summed E-state index contributed by atoms with van der Waals surface area (Å²) in [4.78, 5) is 12.4. The molecule has 0 radical (unpaired) electrons. The van der Waals surface area contributed by atoms with Gasteiger partial charge in [0.15, 0.2) is 0 Å². The Hall–Kier alpha value is -3.07. The number of nitrogens with one attached hydrogen (secondary N) is 1. The Morgan fingerprint density at radius 2 is 1.64 bits per heavy atom. The van der Waals surface area contributed by atoms with E-state index < -0.39 is 0 Å². The van der Waals surface area contributed by atoms with Gasteiger partial charge in [0.05, 0.1) is 0 Å². The van der Waals surface area contributed by atoms with Crippen molar-refractivity contribution in [2.75, 3.05) is 5.32 Å². The van der Waals surface area contributed by atoms with Gasteiger partial charge >= 0.3 is 0 Å². The van der Waals surface area contributed by atoms with Crippen LogP contribution in [0, 0.1) is 13.8 Å². The summed E-state index contributed by atoms with van der Waals surface area (Å²) in [5, 5.41) is 2.93. The molecular formula is C22H21NO2. The van der Waals surface area contributed by atoms with Crippen molar-refractivity contribution in [3.05, 3.63) is 95.1 Å². The SMILES string of the molecule is Cc1ccc(C)c(C(=O)Nc2ccc(OCc3ccccc3)cc2)c1. The van der Waals surface area contributed by atoms with E-state index in [2.05, 4.69) is 5.32 Å². The van der Waals surface area contributed by atoms with Gasteiger partial charge in [-0.15, -0.1) is 0 Å². The van der Waals surface area contributed by atoms with Crippen LogP contribution in [0.25, 0.3) is 0 Å². The molecule has 0 heterocycles. The van der Waals surface area contributed by atoms with Crippen molar-refractivity contribution >= 4 is 11.6 Å². The van der Waals surface area contributed by atoms with Gasteiger partial charge in [-0.2, -0.15) is 0 Å². The molecule has 0 fully saturated rings. The fourth-order valence-electron chi connectivity index (χ4n) is 2.55. The lowest BCUT2D eigenvalue weighted by Crippen LogP contribution is -2.13. The van der Waals surface area contributed by atoms with E-state index in [0.29, 0.717) is 12.2 Å². The summed E-state index contributed by atoms with van der Waals surface area (Å²) in [5.74, 6) is 0.674. The van der Waals surface area contributed by atoms with Crippen molar-refractivity contribution < 1.29 is 9.53 Å². The number of hydrogen-bond acceptors (Lipinski definition) is 2. The van der Waals surface area contributed by atoms with Crippen LogP contribution in [-0.2, 0) is 6.61 Å². The molecule has 3 heteroatoms. The van der Waals surface area contributed by atoms with Crippen molar-refractivity contribution in [2.45, 2.75) is 20.5 Å². The molecule has 0 bridgehead atoms. The molecule has 3 nitrogen and oxygen atoms in total. The normalized spacial score (nSPS) is 10.3. The van der Waals surface area contributed by atoms with Crippen LogP contribution in [0.3, 0.4) is 0 Å². The van der Waals surface area contributed by atoms with Gasteiger partial charge in [-0.25, -0.2) is 0 Å². The van der Waals surface area contributed by atoms with Crippen LogP contribution in [0.4, 0.5) is 5.69 Å². The van der Waals surface area contributed by atoms with Crippen molar-refractivity contribution in [2.24, 2.45) is 0 Å². The maximum absolute atomic E-state index is 12.4. The third kappa shape index (κ3) is 4.48. The van der Waals surface area contributed by atoms with E-state index >= 15 is 0 Å². The highest BCUT2D eigenvalue weighted by molar-refractivity contribution is 6.05. The minimum absolute atomic E-state index is 0.0980. The predicted molar refractivity (Wildman–Crippen MR) is 101 cm³/mol. The second kappa shape index (κ2) is 7.67. The fourth-order valence-corrected chi connectivity index (χ4v) is 2.55. The molecule has 3 rings (SSSR count). The van der Waals surface area contributed by atoms with Gasteiger partial charge in [0, 0.05) is 11.3 Å². The largest absolute Gasteiger partial charge is 0.489 e. The fraction of sp³-hybridized carbons (Fsp3) is 0.136. The Labute approximate surface area is 148 Å². The number of ether oxygens (including phenoxy) is 1. The molecule has 1 amide bonds. The van der Waals surface area contributed by atoms with E-state index in [9.17, 15) is 4.79 Å². The molecule has 0 aliphatic rings. The zero-order chi connectivity index (χ0) is 17.6. The maximum Gasteiger partial charge on any atom is 0.255 e. The Morgan fingerprint density at radius 1 is 0.920 bits per heavy atom. The first-order valence-electron chi connectivity index (χ1n) is 8.27. The average Bonchev–Trinajstić information content (AvgIpc) is 2.64. The molecule has 126 valence electrons. The Balaban J connectivity index is 1.62. The third-order valence-electron chi connectivity index (χ3n) is 4.00. The summed E-state index contributed by atoms with van der Waals surface area (Å²) in [6, 6.07) is 23.3. The number of rotatable bonds is 5. The summed E-state index contributed by atoms with van der Waals surface area (Å²) < 4.78 is 5.76. The zero-order valence-electron chi connectivity index (χ0n) is 14.5. The topological polar surface area (TPSA) is 38.3 Å². The molecule has 0 spiro atoms. The van der Waals surface area contributed by atoms with Gasteiger partial charge in [-0.1, -0.05) is 48.0 Å². The minimum atomic E-state index is -0.0980. The minimum Gasteiger partial charge on any atom is -0.489 e. The van der Waals surface area contributed by atoms with E-state index in [0.717, 1.165) is 28.1 Å². The molecule has 0 aliphatic heterocycles. The van der Waals surface area contributed by atoms with Crippen molar-refractivity contribution in [3.63, 3.8) is 0 Å². The molecule has 0 atom stereocenters. The standard InChI is InChI=1S/C22H21NO2/c1-16-8-9-17(2)21(14-16)22(24)23-19-10-12-20(13-11-19)25-15-18-6-4-3-5-7-18/h3-14H,15H2,1-2H3,(H,23,24). The van der Waals surface area contributed by atoms with Gasteiger partial charge in [0.2, 0.25) is 0 Å². The number of benzene rings is 3. The molecule has 0 aliphatic carbocycles. The van der Waals surface area contributed by atoms with Crippen LogP contribution in [-0.4, -0.2) is 5.91 Å². The lowest BCUT2D eigenvalue weighted by molar-refractivity contribution is 0.102. The molecule has 1 N–H and O–H groups in total. The van der Waals surface area contributed by atoms with Crippen LogP contribution in [0.2, 0.25) is 0 Å². The maximum atomic E-state index is 12.4. The number of carbonyl (C=O) groups excluding carboxylic acids is 1. The van der Waals surface area contributed by atoms with Gasteiger partial charge in [-0.3, -0.25) is 4.79 Å². The summed E-state index contributed by atoms with van der Waals surface area (Å²) >= 11 is 0. The van der Waals surface area contributed by atoms with Crippen LogP contribution in [0.5, 0.6) is 5.75 Å². The van der Waals surface area contributed by atoms with Crippen LogP contribution in [0.1, 0.15) is 27.0 Å². The van der Waals surface area contributed by atoms with E-state index in [4.69, 9.17) is 4.74 Å². The lowest BCUT2D eigenvalue weighted by Gasteiger charge is -2.10. The van der Waals surface area contributed by atoms with E-state index in [1.54, 1.807) is 0 Å². The van der Waals surface area contributed by atoms with Gasteiger partial charge in [0.25, 0.3) is 5.91 Å². The number of aryl methyl sites for hydroxylation is 2. The summed E-state index contributed by atoms with van der Waals surface area (Å²) in [5.41, 5.74) is 4.60. The van der Waals surface area contributed by atoms with Crippen LogP contribution < -0.4 is 10.1 Å². The monoisotopic (exact) mass is 331 g/mol. The second-order valence-electron chi connectivity index (χ2n) is 6.07. The van der Waals surface area contributed by atoms with Crippen molar-refractivity contribution in [1.82, 2.24) is 0 Å². The molecule has 3 aromatic carbocycles. The van der Waals surface area contributed by atoms with E-state index in [1.807, 2.05) is 86.6 Å². The molecular weight excluding hydrogens is 310 g/mol. The molecule has 25 heavy (non-hydrogen) atoms. The molecule has 0 aromatic heterocycles. The summed E-state index contributed by atoms with van der Waals surface area (Å²) in [6.07, 6.45) is 0. The number of anilines is 1. The molecule has 0 saturated heterocycles. The highest BCUT2D eigenvalue weighted by atomic mass is 16.5. The van der Waals surface area contributed by atoms with Crippen LogP contribution in [0.15, 0.2) is 72.8 Å². The number of carbonyl (C=O) groups is 1. The first-order chi connectivity index (χ1) is 12.1. The summed E-state index contributed by atoms with van der Waals surface area (Å²) in [7, 11) is 0. The van der Waals surface area contributed by atoms with Crippen molar-refractivity contribution in [1.29, 1.82) is 0 Å². The lowest BCUT2D eigenvalue weighted by atomic mass is 10.1. The third-order valence-corrected chi connectivity index (χ3v) is 4.00. The van der Waals surface area contributed by atoms with E-state index in [-0.39, 0.29) is 5.91 Å². The predicted octanol–water partition coefficient (Wildman–Crippen LogP) is 5.13. The van der Waals surface area contributed by atoms with Gasteiger partial charge in [0.1, 0.15) is 12.4 Å². The van der Waals surface area contributed by atoms with Crippen molar-refractivity contribution in [3.8, 4) is 5.75 Å². The Bertz CT molecular complexity index is 855. The number of hydrogen-bond donors (Lipinski definition) is 1. The average molecular weight is 331 g/mol. The van der Waals surface area contributed by atoms with Crippen LogP contribution >= 0.6 is 0 Å². The Kier molecular flexibility index (Phi) is 5.14.